The third-order valence-electron chi connectivity index (χ3n) is 4.68. The second-order valence-corrected chi connectivity index (χ2v) is 10.2. The predicted molar refractivity (Wildman–Crippen MR) is 87.1 cm³/mol. The van der Waals surface area contributed by atoms with Crippen molar-refractivity contribution in [3.63, 3.8) is 0 Å². The Morgan fingerprint density at radius 2 is 1.59 bits per heavy atom. The van der Waals surface area contributed by atoms with Gasteiger partial charge in [-0.1, -0.05) is 12.8 Å². The minimum Gasteiger partial charge on any atom is -0.228 e. The number of aryl methyl sites for hydroxylation is 1. The second kappa shape index (κ2) is 7.02. The molecule has 124 valence electrons. The van der Waals surface area contributed by atoms with Crippen molar-refractivity contribution in [3.05, 3.63) is 18.5 Å². The lowest BCUT2D eigenvalue weighted by Gasteiger charge is -2.30. The quantitative estimate of drug-likeness (QED) is 0.832. The summed E-state index contributed by atoms with van der Waals surface area (Å²) in [6, 6.07) is 0. The summed E-state index contributed by atoms with van der Waals surface area (Å²) < 4.78 is 23.9. The first-order chi connectivity index (χ1) is 10.3. The zero-order valence-corrected chi connectivity index (χ0v) is 14.6. The summed E-state index contributed by atoms with van der Waals surface area (Å²) in [5.74, 6) is 2.20. The number of sulfone groups is 1. The fraction of sp³-hybridized carbons (Fsp3) is 0.812. The van der Waals surface area contributed by atoms with E-state index in [1.54, 1.807) is 20.8 Å². The Bertz CT molecular complexity index is 559. The first-order valence-corrected chi connectivity index (χ1v) is 9.76. The molecular formula is C16H27N3O2S. The van der Waals surface area contributed by atoms with Crippen LogP contribution in [0.1, 0.15) is 58.7 Å². The molecule has 0 spiro atoms. The second-order valence-electron chi connectivity index (χ2n) is 7.37. The Morgan fingerprint density at radius 3 is 2.14 bits per heavy atom. The van der Waals surface area contributed by atoms with Crippen LogP contribution >= 0.6 is 0 Å². The van der Waals surface area contributed by atoms with E-state index in [0.29, 0.717) is 17.6 Å². The molecule has 0 N–H and O–H groups in total. The van der Waals surface area contributed by atoms with E-state index >= 15 is 0 Å². The Labute approximate surface area is 133 Å². The molecule has 0 bridgehead atoms. The van der Waals surface area contributed by atoms with Crippen LogP contribution in [0.2, 0.25) is 0 Å². The van der Waals surface area contributed by atoms with Crippen LogP contribution in [-0.4, -0.2) is 33.9 Å². The average molecular weight is 325 g/mol. The van der Waals surface area contributed by atoms with E-state index in [2.05, 4.69) is 15.0 Å². The van der Waals surface area contributed by atoms with E-state index in [0.717, 1.165) is 44.3 Å². The SMILES string of the molecule is CC(C)(C)S(=O)(=O)CC1CCC(CCc2ncncn2)CC1. The Kier molecular flexibility index (Phi) is 5.53. The molecule has 0 saturated heterocycles. The first kappa shape index (κ1) is 17.3. The van der Waals surface area contributed by atoms with E-state index in [-0.39, 0.29) is 0 Å². The van der Waals surface area contributed by atoms with Crippen molar-refractivity contribution in [1.82, 2.24) is 15.0 Å². The van der Waals surface area contributed by atoms with Crippen LogP contribution in [0, 0.1) is 11.8 Å². The van der Waals surface area contributed by atoms with Gasteiger partial charge in [0.1, 0.15) is 18.5 Å². The van der Waals surface area contributed by atoms with Gasteiger partial charge >= 0.3 is 0 Å². The maximum atomic E-state index is 12.3. The predicted octanol–water partition coefficient (Wildman–Crippen LogP) is 2.82. The molecule has 22 heavy (non-hydrogen) atoms. The highest BCUT2D eigenvalue weighted by Gasteiger charge is 2.33. The molecule has 1 fully saturated rings. The largest absolute Gasteiger partial charge is 0.228 e. The van der Waals surface area contributed by atoms with E-state index in [1.165, 1.54) is 12.7 Å². The van der Waals surface area contributed by atoms with Crippen molar-refractivity contribution < 1.29 is 8.42 Å². The van der Waals surface area contributed by atoms with Gasteiger partial charge in [-0.05, 0) is 51.9 Å². The zero-order valence-electron chi connectivity index (χ0n) is 13.8. The topological polar surface area (TPSA) is 72.8 Å². The molecular weight excluding hydrogens is 298 g/mol. The van der Waals surface area contributed by atoms with Gasteiger partial charge in [-0.2, -0.15) is 0 Å². The molecule has 1 heterocycles. The van der Waals surface area contributed by atoms with Gasteiger partial charge in [0.2, 0.25) is 0 Å². The van der Waals surface area contributed by atoms with Crippen LogP contribution in [-0.2, 0) is 16.3 Å². The molecule has 0 aromatic carbocycles. The number of rotatable bonds is 5. The van der Waals surface area contributed by atoms with Crippen molar-refractivity contribution in [2.75, 3.05) is 5.75 Å². The molecule has 1 aliphatic rings. The van der Waals surface area contributed by atoms with Crippen LogP contribution in [0.4, 0.5) is 0 Å². The molecule has 1 aliphatic carbocycles. The van der Waals surface area contributed by atoms with Crippen molar-refractivity contribution in [1.29, 1.82) is 0 Å². The number of aromatic nitrogens is 3. The number of hydrogen-bond donors (Lipinski definition) is 0. The van der Waals surface area contributed by atoms with Crippen molar-refractivity contribution in [2.45, 2.75) is 64.0 Å². The highest BCUT2D eigenvalue weighted by atomic mass is 32.2. The standard InChI is InChI=1S/C16H27N3O2S/c1-16(2,3)22(20,21)10-14-6-4-13(5-7-14)8-9-15-18-11-17-12-19-15/h11-14H,4-10H2,1-3H3. The van der Waals surface area contributed by atoms with Crippen LogP contribution < -0.4 is 0 Å². The Hall–Kier alpha value is -1.04. The van der Waals surface area contributed by atoms with Crippen molar-refractivity contribution >= 4 is 9.84 Å². The molecule has 0 atom stereocenters. The summed E-state index contributed by atoms with van der Waals surface area (Å²) in [5.41, 5.74) is 0. The average Bonchev–Trinajstić information content (AvgIpc) is 2.46. The molecule has 0 radical (unpaired) electrons. The molecule has 0 unspecified atom stereocenters. The van der Waals surface area contributed by atoms with Gasteiger partial charge in [0, 0.05) is 6.42 Å². The van der Waals surface area contributed by atoms with E-state index in [1.807, 2.05) is 0 Å². The van der Waals surface area contributed by atoms with Gasteiger partial charge < -0.3 is 0 Å². The number of hydrogen-bond acceptors (Lipinski definition) is 5. The molecule has 5 nitrogen and oxygen atoms in total. The third kappa shape index (κ3) is 4.73. The highest BCUT2D eigenvalue weighted by Crippen LogP contribution is 2.33. The molecule has 1 aromatic heterocycles. The smallest absolute Gasteiger partial charge is 0.155 e. The molecule has 2 rings (SSSR count). The monoisotopic (exact) mass is 325 g/mol. The fourth-order valence-corrected chi connectivity index (χ4v) is 4.43. The Morgan fingerprint density at radius 1 is 1.05 bits per heavy atom. The van der Waals surface area contributed by atoms with Crippen LogP contribution in [0.25, 0.3) is 0 Å². The lowest BCUT2D eigenvalue weighted by molar-refractivity contribution is 0.277. The lowest BCUT2D eigenvalue weighted by Crippen LogP contribution is -2.34. The minimum atomic E-state index is -3.00. The first-order valence-electron chi connectivity index (χ1n) is 8.11. The fourth-order valence-electron chi connectivity index (χ4n) is 2.97. The normalized spacial score (nSPS) is 23.4. The van der Waals surface area contributed by atoms with Crippen molar-refractivity contribution in [2.24, 2.45) is 11.8 Å². The summed E-state index contributed by atoms with van der Waals surface area (Å²) in [5, 5.41) is 0. The molecule has 1 saturated carbocycles. The summed E-state index contributed by atoms with van der Waals surface area (Å²) in [7, 11) is -3.00. The van der Waals surface area contributed by atoms with Crippen LogP contribution in [0.15, 0.2) is 12.7 Å². The molecule has 1 aromatic rings. The minimum absolute atomic E-state index is 0.331. The summed E-state index contributed by atoms with van der Waals surface area (Å²) in [6.07, 6.45) is 9.34. The van der Waals surface area contributed by atoms with Gasteiger partial charge in [0.15, 0.2) is 9.84 Å². The van der Waals surface area contributed by atoms with Gasteiger partial charge in [-0.15, -0.1) is 0 Å². The maximum Gasteiger partial charge on any atom is 0.155 e. The maximum absolute atomic E-state index is 12.3. The molecule has 0 aliphatic heterocycles. The molecule has 6 heteroatoms. The Balaban J connectivity index is 1.76. The van der Waals surface area contributed by atoms with Gasteiger partial charge in [-0.3, -0.25) is 0 Å². The lowest BCUT2D eigenvalue weighted by atomic mass is 9.81. The van der Waals surface area contributed by atoms with E-state index in [4.69, 9.17) is 0 Å². The highest BCUT2D eigenvalue weighted by molar-refractivity contribution is 7.92. The zero-order chi connectivity index (χ0) is 16.2. The van der Waals surface area contributed by atoms with Gasteiger partial charge in [0.05, 0.1) is 10.5 Å². The number of nitrogens with zero attached hydrogens (tertiary/aromatic N) is 3. The third-order valence-corrected chi connectivity index (χ3v) is 7.45. The van der Waals surface area contributed by atoms with Gasteiger partial charge in [-0.25, -0.2) is 23.4 Å². The van der Waals surface area contributed by atoms with Crippen molar-refractivity contribution in [3.8, 4) is 0 Å². The summed E-state index contributed by atoms with van der Waals surface area (Å²) in [6.45, 7) is 5.38. The van der Waals surface area contributed by atoms with Crippen LogP contribution in [0.5, 0.6) is 0 Å². The van der Waals surface area contributed by atoms with E-state index < -0.39 is 14.6 Å². The molecule has 0 amide bonds. The van der Waals surface area contributed by atoms with E-state index in [9.17, 15) is 8.42 Å². The van der Waals surface area contributed by atoms with Gasteiger partial charge in [0.25, 0.3) is 0 Å². The summed E-state index contributed by atoms with van der Waals surface area (Å²) in [4.78, 5) is 12.1. The summed E-state index contributed by atoms with van der Waals surface area (Å²) >= 11 is 0. The van der Waals surface area contributed by atoms with Crippen LogP contribution in [0.3, 0.4) is 0 Å².